The highest BCUT2D eigenvalue weighted by atomic mass is 16.2. The molecular formula is C11H21N3O2. The Kier molecular flexibility index (Phi) is 4.29. The van der Waals surface area contributed by atoms with Gasteiger partial charge in [-0.2, -0.15) is 0 Å². The lowest BCUT2D eigenvalue weighted by atomic mass is 9.86. The molecule has 0 aromatic rings. The SMILES string of the molecule is CCC(C)(CN)C(=O)NC1CCCNC1=O. The molecule has 1 heterocycles. The lowest BCUT2D eigenvalue weighted by Crippen LogP contribution is -2.54. The number of nitrogens with one attached hydrogen (secondary N) is 2. The average molecular weight is 227 g/mol. The molecule has 2 amide bonds. The molecule has 0 radical (unpaired) electrons. The Morgan fingerprint density at radius 1 is 1.69 bits per heavy atom. The second kappa shape index (κ2) is 5.30. The van der Waals surface area contributed by atoms with E-state index in [1.165, 1.54) is 0 Å². The topological polar surface area (TPSA) is 84.2 Å². The van der Waals surface area contributed by atoms with Crippen molar-refractivity contribution < 1.29 is 9.59 Å². The van der Waals surface area contributed by atoms with Gasteiger partial charge in [0.2, 0.25) is 11.8 Å². The van der Waals surface area contributed by atoms with Crippen LogP contribution in [0.25, 0.3) is 0 Å². The zero-order chi connectivity index (χ0) is 12.2. The molecule has 1 aliphatic heterocycles. The molecule has 2 unspecified atom stereocenters. The van der Waals surface area contributed by atoms with Gasteiger partial charge >= 0.3 is 0 Å². The number of piperidine rings is 1. The van der Waals surface area contributed by atoms with E-state index in [1.807, 2.05) is 13.8 Å². The summed E-state index contributed by atoms with van der Waals surface area (Å²) < 4.78 is 0. The molecule has 0 aromatic carbocycles. The molecule has 5 nitrogen and oxygen atoms in total. The standard InChI is InChI=1S/C11H21N3O2/c1-3-11(2,7-12)10(16)14-8-5-4-6-13-9(8)15/h8H,3-7,12H2,1-2H3,(H,13,15)(H,14,16). The minimum atomic E-state index is -0.572. The van der Waals surface area contributed by atoms with Crippen LogP contribution < -0.4 is 16.4 Å². The molecule has 0 aliphatic carbocycles. The van der Waals surface area contributed by atoms with Crippen LogP contribution in [0.2, 0.25) is 0 Å². The average Bonchev–Trinajstić information content (AvgIpc) is 2.31. The van der Waals surface area contributed by atoms with Crippen LogP contribution >= 0.6 is 0 Å². The van der Waals surface area contributed by atoms with Crippen molar-refractivity contribution in [2.75, 3.05) is 13.1 Å². The Morgan fingerprint density at radius 3 is 2.88 bits per heavy atom. The molecule has 4 N–H and O–H groups in total. The van der Waals surface area contributed by atoms with Crippen LogP contribution in [0.3, 0.4) is 0 Å². The van der Waals surface area contributed by atoms with Crippen molar-refractivity contribution in [3.63, 3.8) is 0 Å². The second-order valence-electron chi connectivity index (χ2n) is 4.58. The van der Waals surface area contributed by atoms with E-state index in [-0.39, 0.29) is 11.8 Å². The van der Waals surface area contributed by atoms with E-state index in [4.69, 9.17) is 5.73 Å². The van der Waals surface area contributed by atoms with Gasteiger partial charge in [0.15, 0.2) is 0 Å². The Bertz CT molecular complexity index is 274. The maximum absolute atomic E-state index is 12.0. The van der Waals surface area contributed by atoms with Gasteiger partial charge in [-0.15, -0.1) is 0 Å². The number of hydrogen-bond acceptors (Lipinski definition) is 3. The summed E-state index contributed by atoms with van der Waals surface area (Å²) >= 11 is 0. The molecule has 16 heavy (non-hydrogen) atoms. The van der Waals surface area contributed by atoms with Crippen molar-refractivity contribution in [1.29, 1.82) is 0 Å². The molecule has 0 bridgehead atoms. The van der Waals surface area contributed by atoms with Crippen LogP contribution in [0, 0.1) is 5.41 Å². The number of nitrogens with two attached hydrogens (primary N) is 1. The molecule has 0 spiro atoms. The molecule has 0 saturated carbocycles. The fourth-order valence-electron chi connectivity index (χ4n) is 1.64. The Balaban J connectivity index is 2.59. The number of hydrogen-bond donors (Lipinski definition) is 3. The zero-order valence-electron chi connectivity index (χ0n) is 10.0. The van der Waals surface area contributed by atoms with Crippen LogP contribution in [0.15, 0.2) is 0 Å². The second-order valence-corrected chi connectivity index (χ2v) is 4.58. The van der Waals surface area contributed by atoms with Crippen LogP contribution in [0.4, 0.5) is 0 Å². The summed E-state index contributed by atoms with van der Waals surface area (Å²) in [6, 6.07) is -0.390. The third-order valence-electron chi connectivity index (χ3n) is 3.37. The number of carbonyl (C=O) groups excluding carboxylic acids is 2. The Labute approximate surface area is 96.1 Å². The van der Waals surface area contributed by atoms with Crippen molar-refractivity contribution in [2.24, 2.45) is 11.1 Å². The molecule has 0 aromatic heterocycles. The van der Waals surface area contributed by atoms with Crippen molar-refractivity contribution >= 4 is 11.8 Å². The summed E-state index contributed by atoms with van der Waals surface area (Å²) in [6.45, 7) is 4.74. The van der Waals surface area contributed by atoms with Gasteiger partial charge in [0.05, 0.1) is 5.41 Å². The van der Waals surface area contributed by atoms with Gasteiger partial charge in [0.25, 0.3) is 0 Å². The van der Waals surface area contributed by atoms with Crippen LogP contribution in [0.1, 0.15) is 33.1 Å². The quantitative estimate of drug-likeness (QED) is 0.619. The molecular weight excluding hydrogens is 206 g/mol. The largest absolute Gasteiger partial charge is 0.354 e. The first-order valence-corrected chi connectivity index (χ1v) is 5.82. The summed E-state index contributed by atoms with van der Waals surface area (Å²) in [5.74, 6) is -0.213. The first-order valence-electron chi connectivity index (χ1n) is 5.82. The summed E-state index contributed by atoms with van der Waals surface area (Å²) in [5, 5.41) is 5.52. The van der Waals surface area contributed by atoms with Crippen LogP contribution in [-0.4, -0.2) is 30.9 Å². The van der Waals surface area contributed by atoms with Gasteiger partial charge in [-0.25, -0.2) is 0 Å². The van der Waals surface area contributed by atoms with Gasteiger partial charge in [-0.05, 0) is 26.2 Å². The first kappa shape index (κ1) is 13.0. The highest BCUT2D eigenvalue weighted by molar-refractivity contribution is 5.90. The maximum Gasteiger partial charge on any atom is 0.242 e. The zero-order valence-corrected chi connectivity index (χ0v) is 10.0. The molecule has 1 rings (SSSR count). The number of carbonyl (C=O) groups is 2. The molecule has 5 heteroatoms. The molecule has 1 aliphatic rings. The van der Waals surface area contributed by atoms with Crippen LogP contribution in [0.5, 0.6) is 0 Å². The van der Waals surface area contributed by atoms with E-state index >= 15 is 0 Å². The fraction of sp³-hybridized carbons (Fsp3) is 0.818. The third-order valence-corrected chi connectivity index (χ3v) is 3.37. The summed E-state index contributed by atoms with van der Waals surface area (Å²) in [5.41, 5.74) is 5.03. The lowest BCUT2D eigenvalue weighted by molar-refractivity contribution is -0.135. The van der Waals surface area contributed by atoms with Crippen molar-refractivity contribution in [3.8, 4) is 0 Å². The minimum absolute atomic E-state index is 0.0879. The van der Waals surface area contributed by atoms with E-state index in [1.54, 1.807) is 0 Å². The molecule has 1 fully saturated rings. The highest BCUT2D eigenvalue weighted by Gasteiger charge is 2.33. The van der Waals surface area contributed by atoms with Gasteiger partial charge in [-0.3, -0.25) is 9.59 Å². The Hall–Kier alpha value is -1.10. The van der Waals surface area contributed by atoms with E-state index in [0.717, 1.165) is 6.42 Å². The van der Waals surface area contributed by atoms with Crippen LogP contribution in [-0.2, 0) is 9.59 Å². The van der Waals surface area contributed by atoms with Gasteiger partial charge in [0, 0.05) is 13.1 Å². The molecule has 2 atom stereocenters. The third kappa shape index (κ3) is 2.72. The summed E-state index contributed by atoms with van der Waals surface area (Å²) in [6.07, 6.45) is 2.29. The summed E-state index contributed by atoms with van der Waals surface area (Å²) in [7, 11) is 0. The van der Waals surface area contributed by atoms with E-state index < -0.39 is 11.5 Å². The van der Waals surface area contributed by atoms with E-state index in [0.29, 0.717) is 25.9 Å². The van der Waals surface area contributed by atoms with Gasteiger partial charge in [-0.1, -0.05) is 6.92 Å². The van der Waals surface area contributed by atoms with Gasteiger partial charge < -0.3 is 16.4 Å². The fourth-order valence-corrected chi connectivity index (χ4v) is 1.64. The number of amides is 2. The lowest BCUT2D eigenvalue weighted by Gasteiger charge is -2.29. The predicted molar refractivity (Wildman–Crippen MR) is 61.6 cm³/mol. The predicted octanol–water partition coefficient (Wildman–Crippen LogP) is -0.244. The highest BCUT2D eigenvalue weighted by Crippen LogP contribution is 2.20. The minimum Gasteiger partial charge on any atom is -0.354 e. The van der Waals surface area contributed by atoms with Gasteiger partial charge in [0.1, 0.15) is 6.04 Å². The smallest absolute Gasteiger partial charge is 0.242 e. The van der Waals surface area contributed by atoms with E-state index in [9.17, 15) is 9.59 Å². The molecule has 1 saturated heterocycles. The Morgan fingerprint density at radius 2 is 2.38 bits per heavy atom. The molecule has 92 valence electrons. The van der Waals surface area contributed by atoms with Crippen molar-refractivity contribution in [1.82, 2.24) is 10.6 Å². The van der Waals surface area contributed by atoms with E-state index in [2.05, 4.69) is 10.6 Å². The first-order chi connectivity index (χ1) is 7.53. The van der Waals surface area contributed by atoms with Crippen molar-refractivity contribution in [3.05, 3.63) is 0 Å². The number of rotatable bonds is 4. The maximum atomic E-state index is 12.0. The monoisotopic (exact) mass is 227 g/mol. The normalized spacial score (nSPS) is 24.4. The summed E-state index contributed by atoms with van der Waals surface area (Å²) in [4.78, 5) is 23.4. The van der Waals surface area contributed by atoms with Crippen molar-refractivity contribution in [2.45, 2.75) is 39.2 Å².